The van der Waals surface area contributed by atoms with Crippen LogP contribution < -0.4 is 0 Å². The van der Waals surface area contributed by atoms with Crippen molar-refractivity contribution in [2.45, 2.75) is 57.4 Å². The van der Waals surface area contributed by atoms with E-state index >= 15 is 0 Å². The molecule has 3 aliphatic rings. The van der Waals surface area contributed by atoms with E-state index in [0.29, 0.717) is 26.2 Å². The van der Waals surface area contributed by atoms with Gasteiger partial charge in [-0.3, -0.25) is 9.59 Å². The van der Waals surface area contributed by atoms with E-state index < -0.39 is 0 Å². The molecule has 4 rings (SSSR count). The van der Waals surface area contributed by atoms with Gasteiger partial charge in [-0.05, 0) is 50.5 Å². The van der Waals surface area contributed by atoms with Crippen LogP contribution in [-0.4, -0.2) is 60.5 Å². The first kappa shape index (κ1) is 19.4. The van der Waals surface area contributed by atoms with E-state index in [0.717, 1.165) is 58.0 Å². The standard InChI is InChI=1S/C23H32N2O3/c26-20(10-9-19-7-2-1-3-8-19)25-16-6-11-23(12-17-28-18-13-23)21(25)22(27)24-14-4-5-15-24/h1-3,7-8,21H,4-6,9-18H2. The zero-order valence-electron chi connectivity index (χ0n) is 16.8. The Kier molecular flexibility index (Phi) is 6.00. The average molecular weight is 385 g/mol. The molecule has 3 fully saturated rings. The van der Waals surface area contributed by atoms with Gasteiger partial charge in [-0.25, -0.2) is 0 Å². The van der Waals surface area contributed by atoms with Crippen molar-refractivity contribution < 1.29 is 14.3 Å². The molecule has 0 saturated carbocycles. The normalized spacial score (nSPS) is 24.5. The summed E-state index contributed by atoms with van der Waals surface area (Å²) in [5.74, 6) is 0.319. The van der Waals surface area contributed by atoms with Crippen LogP contribution in [-0.2, 0) is 20.7 Å². The number of likely N-dealkylation sites (tertiary alicyclic amines) is 2. The number of piperidine rings is 1. The van der Waals surface area contributed by atoms with Crippen molar-refractivity contribution in [2.24, 2.45) is 5.41 Å². The van der Waals surface area contributed by atoms with Gasteiger partial charge in [0, 0.05) is 44.7 Å². The van der Waals surface area contributed by atoms with E-state index in [1.54, 1.807) is 0 Å². The second-order valence-electron chi connectivity index (χ2n) is 8.59. The molecule has 5 heteroatoms. The topological polar surface area (TPSA) is 49.9 Å². The highest BCUT2D eigenvalue weighted by molar-refractivity contribution is 5.89. The summed E-state index contributed by atoms with van der Waals surface area (Å²) >= 11 is 0. The molecule has 1 aromatic rings. The molecule has 3 saturated heterocycles. The van der Waals surface area contributed by atoms with Crippen molar-refractivity contribution in [3.8, 4) is 0 Å². The number of nitrogens with zero attached hydrogens (tertiary/aromatic N) is 2. The van der Waals surface area contributed by atoms with E-state index in [4.69, 9.17) is 4.74 Å². The molecule has 0 bridgehead atoms. The molecule has 1 atom stereocenters. The van der Waals surface area contributed by atoms with Crippen LogP contribution in [0.4, 0.5) is 0 Å². The van der Waals surface area contributed by atoms with Gasteiger partial charge in [0.1, 0.15) is 6.04 Å². The van der Waals surface area contributed by atoms with Crippen molar-refractivity contribution in [3.05, 3.63) is 35.9 Å². The van der Waals surface area contributed by atoms with E-state index in [2.05, 4.69) is 12.1 Å². The molecule has 0 aliphatic carbocycles. The van der Waals surface area contributed by atoms with Gasteiger partial charge in [0.25, 0.3) is 0 Å². The summed E-state index contributed by atoms with van der Waals surface area (Å²) in [4.78, 5) is 30.8. The Morgan fingerprint density at radius 1 is 0.964 bits per heavy atom. The average Bonchev–Trinajstić information content (AvgIpc) is 3.28. The number of rotatable bonds is 4. The van der Waals surface area contributed by atoms with Gasteiger partial charge in [0.2, 0.25) is 11.8 Å². The number of hydrogen-bond donors (Lipinski definition) is 0. The van der Waals surface area contributed by atoms with Crippen LogP contribution in [0.15, 0.2) is 30.3 Å². The Morgan fingerprint density at radius 3 is 2.39 bits per heavy atom. The van der Waals surface area contributed by atoms with E-state index in [-0.39, 0.29) is 23.3 Å². The molecule has 0 aromatic heterocycles. The summed E-state index contributed by atoms with van der Waals surface area (Å²) in [7, 11) is 0. The molecule has 1 aromatic carbocycles. The van der Waals surface area contributed by atoms with Crippen LogP contribution in [0, 0.1) is 5.41 Å². The quantitative estimate of drug-likeness (QED) is 0.802. The van der Waals surface area contributed by atoms with Gasteiger partial charge in [-0.1, -0.05) is 30.3 Å². The fourth-order valence-electron chi connectivity index (χ4n) is 5.31. The zero-order valence-corrected chi connectivity index (χ0v) is 16.8. The molecule has 0 radical (unpaired) electrons. The summed E-state index contributed by atoms with van der Waals surface area (Å²) in [6, 6.07) is 9.85. The highest BCUT2D eigenvalue weighted by atomic mass is 16.5. The fourth-order valence-corrected chi connectivity index (χ4v) is 5.31. The lowest BCUT2D eigenvalue weighted by Gasteiger charge is -2.51. The Hall–Kier alpha value is -1.88. The highest BCUT2D eigenvalue weighted by Crippen LogP contribution is 2.45. The highest BCUT2D eigenvalue weighted by Gasteiger charge is 2.51. The molecule has 1 spiro atoms. The second-order valence-corrected chi connectivity index (χ2v) is 8.59. The maximum Gasteiger partial charge on any atom is 0.245 e. The van der Waals surface area contributed by atoms with Crippen LogP contribution in [0.3, 0.4) is 0 Å². The first-order valence-corrected chi connectivity index (χ1v) is 10.9. The zero-order chi connectivity index (χ0) is 19.4. The third-order valence-electron chi connectivity index (χ3n) is 6.90. The summed E-state index contributed by atoms with van der Waals surface area (Å²) in [6.07, 6.45) is 7.16. The first-order chi connectivity index (χ1) is 13.7. The molecule has 2 amide bonds. The third kappa shape index (κ3) is 3.95. The molecule has 3 heterocycles. The molecule has 152 valence electrons. The molecule has 0 N–H and O–H groups in total. The summed E-state index contributed by atoms with van der Waals surface area (Å²) in [5, 5.41) is 0. The second kappa shape index (κ2) is 8.64. The van der Waals surface area contributed by atoms with Gasteiger partial charge in [0.15, 0.2) is 0 Å². The van der Waals surface area contributed by atoms with E-state index in [1.165, 1.54) is 5.56 Å². The van der Waals surface area contributed by atoms with E-state index in [1.807, 2.05) is 28.0 Å². The number of hydrogen-bond acceptors (Lipinski definition) is 3. The van der Waals surface area contributed by atoms with Gasteiger partial charge >= 0.3 is 0 Å². The predicted octanol–water partition coefficient (Wildman–Crippen LogP) is 3.03. The number of ether oxygens (including phenoxy) is 1. The lowest BCUT2D eigenvalue weighted by atomic mass is 9.67. The van der Waals surface area contributed by atoms with Crippen LogP contribution in [0.25, 0.3) is 0 Å². The van der Waals surface area contributed by atoms with Crippen LogP contribution in [0.2, 0.25) is 0 Å². The van der Waals surface area contributed by atoms with E-state index in [9.17, 15) is 9.59 Å². The Balaban J connectivity index is 1.54. The number of carbonyl (C=O) groups is 2. The van der Waals surface area contributed by atoms with Crippen LogP contribution in [0.1, 0.15) is 50.5 Å². The molecular weight excluding hydrogens is 352 g/mol. The van der Waals surface area contributed by atoms with Crippen molar-refractivity contribution >= 4 is 11.8 Å². The molecular formula is C23H32N2O3. The monoisotopic (exact) mass is 384 g/mol. The number of carbonyl (C=O) groups excluding carboxylic acids is 2. The van der Waals surface area contributed by atoms with Crippen molar-refractivity contribution in [1.82, 2.24) is 9.80 Å². The van der Waals surface area contributed by atoms with Crippen molar-refractivity contribution in [2.75, 3.05) is 32.8 Å². The molecule has 28 heavy (non-hydrogen) atoms. The van der Waals surface area contributed by atoms with Gasteiger partial charge < -0.3 is 14.5 Å². The van der Waals surface area contributed by atoms with Crippen LogP contribution >= 0.6 is 0 Å². The number of amides is 2. The smallest absolute Gasteiger partial charge is 0.245 e. The maximum absolute atomic E-state index is 13.6. The van der Waals surface area contributed by atoms with Gasteiger partial charge in [0.05, 0.1) is 0 Å². The maximum atomic E-state index is 13.6. The van der Waals surface area contributed by atoms with Crippen molar-refractivity contribution in [3.63, 3.8) is 0 Å². The Morgan fingerprint density at radius 2 is 1.68 bits per heavy atom. The molecule has 5 nitrogen and oxygen atoms in total. The number of aryl methyl sites for hydroxylation is 1. The van der Waals surface area contributed by atoms with Crippen molar-refractivity contribution in [1.29, 1.82) is 0 Å². The predicted molar refractivity (Wildman–Crippen MR) is 108 cm³/mol. The Labute approximate surface area is 168 Å². The van der Waals surface area contributed by atoms with Gasteiger partial charge in [-0.15, -0.1) is 0 Å². The molecule has 3 aliphatic heterocycles. The summed E-state index contributed by atoms with van der Waals surface area (Å²) < 4.78 is 5.62. The fraction of sp³-hybridized carbons (Fsp3) is 0.652. The summed E-state index contributed by atoms with van der Waals surface area (Å²) in [6.45, 7) is 3.80. The lowest BCUT2D eigenvalue weighted by Crippen LogP contribution is -2.62. The lowest BCUT2D eigenvalue weighted by molar-refractivity contribution is -0.160. The van der Waals surface area contributed by atoms with Gasteiger partial charge in [-0.2, -0.15) is 0 Å². The van der Waals surface area contributed by atoms with Crippen LogP contribution in [0.5, 0.6) is 0 Å². The first-order valence-electron chi connectivity index (χ1n) is 10.9. The summed E-state index contributed by atoms with van der Waals surface area (Å²) in [5.41, 5.74) is 1.08. The number of benzene rings is 1. The minimum atomic E-state index is -0.300. The Bertz CT molecular complexity index is 673. The largest absolute Gasteiger partial charge is 0.381 e. The minimum Gasteiger partial charge on any atom is -0.381 e. The minimum absolute atomic E-state index is 0.0986. The third-order valence-corrected chi connectivity index (χ3v) is 6.90. The SMILES string of the molecule is O=C(C1N(C(=O)CCc2ccccc2)CCCC12CCOCC2)N1CCCC1. The molecule has 1 unspecified atom stereocenters.